The van der Waals surface area contributed by atoms with E-state index in [0.29, 0.717) is 25.4 Å². The van der Waals surface area contributed by atoms with Crippen molar-refractivity contribution in [2.75, 3.05) is 19.8 Å². The number of esters is 1. The summed E-state index contributed by atoms with van der Waals surface area (Å²) in [5.74, 6) is 1.20. The topological polar surface area (TPSA) is 44.8 Å². The summed E-state index contributed by atoms with van der Waals surface area (Å²) in [5, 5.41) is 0. The molecule has 1 aromatic carbocycles. The van der Waals surface area contributed by atoms with Gasteiger partial charge in [-0.2, -0.15) is 0 Å². The molecule has 0 aliphatic heterocycles. The highest BCUT2D eigenvalue weighted by atomic mass is 16.5. The van der Waals surface area contributed by atoms with Crippen molar-refractivity contribution in [3.8, 4) is 11.5 Å². The number of carbonyl (C=O) groups excluding carboxylic acids is 1. The maximum atomic E-state index is 13.3. The Morgan fingerprint density at radius 1 is 0.254 bits per heavy atom. The van der Waals surface area contributed by atoms with Crippen LogP contribution < -0.4 is 9.47 Å². The third-order valence-corrected chi connectivity index (χ3v) is 15.4. The van der Waals surface area contributed by atoms with Crippen LogP contribution in [0, 0.1) is 0 Å². The van der Waals surface area contributed by atoms with Gasteiger partial charge in [0, 0.05) is 6.07 Å². The Kier molecular flexibility index (Phi) is 54.6. The summed E-state index contributed by atoms with van der Waals surface area (Å²) < 4.78 is 18.3. The predicted molar refractivity (Wildman–Crippen MR) is 314 cm³/mol. The van der Waals surface area contributed by atoms with Gasteiger partial charge in [-0.05, 0) is 31.4 Å². The normalized spacial score (nSPS) is 11.5. The molecule has 418 valence electrons. The second-order valence-corrected chi connectivity index (χ2v) is 22.6. The zero-order valence-corrected chi connectivity index (χ0v) is 48.7. The van der Waals surface area contributed by atoms with E-state index in [1.165, 1.54) is 321 Å². The highest BCUT2D eigenvalue weighted by Gasteiger charge is 2.13. The van der Waals surface area contributed by atoms with Gasteiger partial charge in [-0.3, -0.25) is 0 Å². The van der Waals surface area contributed by atoms with Crippen LogP contribution in [0.2, 0.25) is 0 Å². The summed E-state index contributed by atoms with van der Waals surface area (Å²) in [4.78, 5) is 13.3. The van der Waals surface area contributed by atoms with Gasteiger partial charge in [0.2, 0.25) is 0 Å². The van der Waals surface area contributed by atoms with Gasteiger partial charge >= 0.3 is 5.97 Å². The van der Waals surface area contributed by atoms with Crippen LogP contribution in [0.3, 0.4) is 0 Å². The fourth-order valence-electron chi connectivity index (χ4n) is 10.5. The van der Waals surface area contributed by atoms with Crippen molar-refractivity contribution in [1.82, 2.24) is 0 Å². The average molecular weight is 996 g/mol. The number of unbranched alkanes of at least 4 members (excludes halogenated alkanes) is 51. The molecule has 0 heterocycles. The van der Waals surface area contributed by atoms with E-state index in [0.717, 1.165) is 37.2 Å². The largest absolute Gasteiger partial charge is 0.493 e. The molecule has 0 atom stereocenters. The van der Waals surface area contributed by atoms with Gasteiger partial charge in [0.25, 0.3) is 0 Å². The molecule has 0 fully saturated rings. The lowest BCUT2D eigenvalue weighted by Gasteiger charge is -2.13. The lowest BCUT2D eigenvalue weighted by atomic mass is 10.0. The minimum Gasteiger partial charge on any atom is -0.493 e. The highest BCUT2D eigenvalue weighted by molar-refractivity contribution is 5.90. The Bertz CT molecular complexity index is 1120. The molecule has 71 heavy (non-hydrogen) atoms. The monoisotopic (exact) mass is 995 g/mol. The van der Waals surface area contributed by atoms with Crippen molar-refractivity contribution in [3.63, 3.8) is 0 Å². The molecule has 4 heteroatoms. The van der Waals surface area contributed by atoms with Crippen LogP contribution in [0.1, 0.15) is 378 Å². The second kappa shape index (κ2) is 57.6. The van der Waals surface area contributed by atoms with Crippen LogP contribution in [-0.2, 0) is 4.74 Å². The molecule has 0 radical (unpaired) electrons. The van der Waals surface area contributed by atoms with E-state index in [1.54, 1.807) is 0 Å². The van der Waals surface area contributed by atoms with Crippen molar-refractivity contribution >= 4 is 5.97 Å². The quantitative estimate of drug-likeness (QED) is 0.0482. The number of carbonyl (C=O) groups is 1. The van der Waals surface area contributed by atoms with E-state index in [2.05, 4.69) is 20.8 Å². The first-order valence-corrected chi connectivity index (χ1v) is 32.8. The Labute approximate surface area is 445 Å². The van der Waals surface area contributed by atoms with Crippen molar-refractivity contribution in [2.24, 2.45) is 0 Å². The van der Waals surface area contributed by atoms with E-state index in [-0.39, 0.29) is 5.97 Å². The van der Waals surface area contributed by atoms with E-state index < -0.39 is 0 Å². The number of hydrogen-bond acceptors (Lipinski definition) is 4. The standard InChI is InChI=1S/C67H126O4/c1-4-7-10-13-16-19-22-25-28-31-34-37-40-43-46-49-52-55-58-69-65-61-64(67(68)71-60-57-54-51-48-45-42-39-36-33-30-27-24-21-18-15-12-9-6-3)62-66(63-65)70-59-56-53-50-47-44-41-38-35-32-29-26-23-20-17-14-11-8-5-2/h61-63H,4-60H2,1-3H3. The summed E-state index contributed by atoms with van der Waals surface area (Å²) in [6, 6.07) is 5.73. The van der Waals surface area contributed by atoms with Crippen LogP contribution in [0.4, 0.5) is 0 Å². The van der Waals surface area contributed by atoms with Crippen molar-refractivity contribution in [3.05, 3.63) is 23.8 Å². The van der Waals surface area contributed by atoms with Crippen LogP contribution in [-0.4, -0.2) is 25.8 Å². The maximum Gasteiger partial charge on any atom is 0.338 e. The SMILES string of the molecule is CCCCCCCCCCCCCCCCCCCCOC(=O)c1cc(OCCCCCCCCCCCCCCCCCCCC)cc(OCCCCCCCCCCCCCCCCCCCC)c1. The molecule has 0 unspecified atom stereocenters. The molecule has 4 nitrogen and oxygen atoms in total. The van der Waals surface area contributed by atoms with Crippen LogP contribution >= 0.6 is 0 Å². The fraction of sp³-hybridized carbons (Fsp3) is 0.896. The number of rotatable bonds is 60. The van der Waals surface area contributed by atoms with E-state index in [1.807, 2.05) is 18.2 Å². The van der Waals surface area contributed by atoms with Gasteiger partial charge in [0.15, 0.2) is 0 Å². The van der Waals surface area contributed by atoms with E-state index >= 15 is 0 Å². The maximum absolute atomic E-state index is 13.3. The molecule has 1 aromatic rings. The van der Waals surface area contributed by atoms with Gasteiger partial charge in [-0.25, -0.2) is 4.79 Å². The van der Waals surface area contributed by atoms with Gasteiger partial charge in [0.05, 0.1) is 25.4 Å². The van der Waals surface area contributed by atoms with Gasteiger partial charge < -0.3 is 14.2 Å². The molecule has 0 aromatic heterocycles. The second-order valence-electron chi connectivity index (χ2n) is 22.6. The van der Waals surface area contributed by atoms with Gasteiger partial charge in [-0.1, -0.05) is 348 Å². The molecule has 0 aliphatic carbocycles. The molecule has 0 amide bonds. The van der Waals surface area contributed by atoms with Crippen LogP contribution in [0.5, 0.6) is 11.5 Å². The van der Waals surface area contributed by atoms with Crippen molar-refractivity contribution in [1.29, 1.82) is 0 Å². The first-order chi connectivity index (χ1) is 35.2. The summed E-state index contributed by atoms with van der Waals surface area (Å²) in [6.07, 6.45) is 73.8. The number of ether oxygens (including phenoxy) is 3. The Morgan fingerprint density at radius 3 is 0.648 bits per heavy atom. The van der Waals surface area contributed by atoms with Crippen LogP contribution in [0.25, 0.3) is 0 Å². The zero-order chi connectivity index (χ0) is 50.9. The number of benzene rings is 1. The lowest BCUT2D eigenvalue weighted by molar-refractivity contribution is 0.0496. The Morgan fingerprint density at radius 2 is 0.437 bits per heavy atom. The van der Waals surface area contributed by atoms with Crippen molar-refractivity contribution in [2.45, 2.75) is 367 Å². The van der Waals surface area contributed by atoms with Gasteiger partial charge in [0.1, 0.15) is 11.5 Å². The van der Waals surface area contributed by atoms with Crippen LogP contribution in [0.15, 0.2) is 18.2 Å². The summed E-state index contributed by atoms with van der Waals surface area (Å²) in [6.45, 7) is 8.74. The fourth-order valence-corrected chi connectivity index (χ4v) is 10.5. The lowest BCUT2D eigenvalue weighted by Crippen LogP contribution is -2.08. The molecule has 0 saturated heterocycles. The molecule has 0 N–H and O–H groups in total. The smallest absolute Gasteiger partial charge is 0.338 e. The average Bonchev–Trinajstić information content (AvgIpc) is 3.38. The first kappa shape index (κ1) is 67.3. The van der Waals surface area contributed by atoms with E-state index in [4.69, 9.17) is 14.2 Å². The van der Waals surface area contributed by atoms with Crippen molar-refractivity contribution < 1.29 is 19.0 Å². The molecule has 0 aliphatic rings. The highest BCUT2D eigenvalue weighted by Crippen LogP contribution is 2.26. The Hall–Kier alpha value is -1.71. The van der Waals surface area contributed by atoms with Gasteiger partial charge in [-0.15, -0.1) is 0 Å². The summed E-state index contributed by atoms with van der Waals surface area (Å²) in [7, 11) is 0. The third kappa shape index (κ3) is 50.2. The minimum absolute atomic E-state index is 0.256. The third-order valence-electron chi connectivity index (χ3n) is 15.4. The zero-order valence-electron chi connectivity index (χ0n) is 48.7. The molecule has 0 saturated carbocycles. The molecule has 0 bridgehead atoms. The Balaban J connectivity index is 2.29. The van der Waals surface area contributed by atoms with E-state index in [9.17, 15) is 4.79 Å². The molecular formula is C67H126O4. The number of hydrogen-bond donors (Lipinski definition) is 0. The molecular weight excluding hydrogens is 869 g/mol. The summed E-state index contributed by atoms with van der Waals surface area (Å²) >= 11 is 0. The predicted octanol–water partition coefficient (Wildman–Crippen LogP) is 23.7. The first-order valence-electron chi connectivity index (χ1n) is 32.8. The minimum atomic E-state index is -0.256. The summed E-state index contributed by atoms with van der Waals surface area (Å²) in [5.41, 5.74) is 0.551. The molecule has 0 spiro atoms. The molecule has 1 rings (SSSR count).